The summed E-state index contributed by atoms with van der Waals surface area (Å²) in [7, 11) is 0. The maximum Gasteiger partial charge on any atom is 0.123 e. The van der Waals surface area contributed by atoms with Gasteiger partial charge in [-0.2, -0.15) is 0 Å². The first-order chi connectivity index (χ1) is 10.7. The van der Waals surface area contributed by atoms with Crippen LogP contribution in [-0.4, -0.2) is 0 Å². The Balaban J connectivity index is 1.99. The average molecular weight is 290 g/mol. The number of benzene rings is 2. The third-order valence-corrected chi connectivity index (χ3v) is 3.56. The molecule has 0 radical (unpaired) electrons. The van der Waals surface area contributed by atoms with E-state index in [1.54, 1.807) is 12.1 Å². The summed E-state index contributed by atoms with van der Waals surface area (Å²) in [5.41, 5.74) is 3.07. The van der Waals surface area contributed by atoms with E-state index in [1.807, 2.05) is 12.1 Å². The van der Waals surface area contributed by atoms with Gasteiger partial charge in [0.25, 0.3) is 0 Å². The van der Waals surface area contributed by atoms with Gasteiger partial charge in [0.1, 0.15) is 5.82 Å². The summed E-state index contributed by atoms with van der Waals surface area (Å²) >= 11 is 0. The van der Waals surface area contributed by atoms with Crippen LogP contribution in [0.25, 0.3) is 0 Å². The molecule has 0 bridgehead atoms. The Morgan fingerprint density at radius 3 is 1.86 bits per heavy atom. The van der Waals surface area contributed by atoms with Crippen molar-refractivity contribution in [2.75, 3.05) is 0 Å². The fraction of sp³-hybridized carbons (Fsp3) is 0.238. The molecule has 0 nitrogen and oxygen atoms in total. The Labute approximate surface area is 132 Å². The van der Waals surface area contributed by atoms with Gasteiger partial charge in [0.2, 0.25) is 0 Å². The van der Waals surface area contributed by atoms with Crippen LogP contribution in [0.5, 0.6) is 0 Å². The summed E-state index contributed by atoms with van der Waals surface area (Å²) in [6, 6.07) is 14.4. The Morgan fingerprint density at radius 1 is 0.864 bits per heavy atom. The summed E-state index contributed by atoms with van der Waals surface area (Å²) in [6.07, 6.45) is 2.30. The third kappa shape index (κ3) is 5.12. The fourth-order valence-corrected chi connectivity index (χ4v) is 2.01. The molecule has 110 valence electrons. The van der Waals surface area contributed by atoms with Crippen molar-refractivity contribution >= 4 is 0 Å². The van der Waals surface area contributed by atoms with Crippen LogP contribution in [0.4, 0.5) is 4.39 Å². The molecule has 0 N–H and O–H groups in total. The number of hydrogen-bond donors (Lipinski definition) is 0. The zero-order valence-electron chi connectivity index (χ0n) is 13.0. The lowest BCUT2D eigenvalue weighted by atomic mass is 9.98. The van der Waals surface area contributed by atoms with Crippen molar-refractivity contribution < 1.29 is 4.39 Å². The molecule has 1 atom stereocenters. The van der Waals surface area contributed by atoms with Gasteiger partial charge in [-0.1, -0.05) is 44.2 Å². The summed E-state index contributed by atoms with van der Waals surface area (Å²) in [5.74, 6) is 12.0. The Hall–Kier alpha value is -2.51. The molecule has 1 unspecified atom stereocenters. The van der Waals surface area contributed by atoms with Gasteiger partial charge in [-0.25, -0.2) is 4.39 Å². The quantitative estimate of drug-likeness (QED) is 0.711. The lowest BCUT2D eigenvalue weighted by Crippen LogP contribution is -1.97. The number of rotatable bonds is 3. The average Bonchev–Trinajstić information content (AvgIpc) is 2.54. The van der Waals surface area contributed by atoms with Crippen molar-refractivity contribution in [1.29, 1.82) is 0 Å². The van der Waals surface area contributed by atoms with E-state index in [0.29, 0.717) is 5.92 Å². The number of halogens is 1. The molecule has 0 aliphatic carbocycles. The highest BCUT2D eigenvalue weighted by Gasteiger charge is 2.00. The Bertz CT molecular complexity index is 716. The highest BCUT2D eigenvalue weighted by Crippen LogP contribution is 2.12. The van der Waals surface area contributed by atoms with Gasteiger partial charge in [0, 0.05) is 11.1 Å². The van der Waals surface area contributed by atoms with Crippen LogP contribution < -0.4 is 0 Å². The maximum absolute atomic E-state index is 12.8. The van der Waals surface area contributed by atoms with E-state index >= 15 is 0 Å². The summed E-state index contributed by atoms with van der Waals surface area (Å²) in [4.78, 5) is 0. The molecule has 0 heterocycles. The maximum atomic E-state index is 12.8. The van der Waals surface area contributed by atoms with E-state index in [1.165, 1.54) is 24.1 Å². The molecule has 0 saturated carbocycles. The summed E-state index contributed by atoms with van der Waals surface area (Å²) in [6.45, 7) is 4.48. The van der Waals surface area contributed by atoms with Crippen molar-refractivity contribution in [3.8, 4) is 23.7 Å². The van der Waals surface area contributed by atoms with Gasteiger partial charge in [0.05, 0.1) is 0 Å². The molecule has 0 amide bonds. The SMILES string of the molecule is CCC(C)Cc1ccc(C#CC#Cc2ccc(F)cc2)cc1. The predicted octanol–water partition coefficient (Wildman–Crippen LogP) is 4.82. The third-order valence-electron chi connectivity index (χ3n) is 3.56. The van der Waals surface area contributed by atoms with E-state index in [0.717, 1.165) is 17.5 Å². The zero-order chi connectivity index (χ0) is 15.8. The van der Waals surface area contributed by atoms with E-state index < -0.39 is 0 Å². The van der Waals surface area contributed by atoms with Crippen molar-refractivity contribution in [2.45, 2.75) is 26.7 Å². The molecule has 0 aliphatic heterocycles. The van der Waals surface area contributed by atoms with Crippen LogP contribution >= 0.6 is 0 Å². The summed E-state index contributed by atoms with van der Waals surface area (Å²) in [5, 5.41) is 0. The van der Waals surface area contributed by atoms with Crippen molar-refractivity contribution in [2.24, 2.45) is 5.92 Å². The first kappa shape index (κ1) is 15.9. The highest BCUT2D eigenvalue weighted by atomic mass is 19.1. The van der Waals surface area contributed by atoms with Gasteiger partial charge in [-0.15, -0.1) is 0 Å². The van der Waals surface area contributed by atoms with Crippen molar-refractivity contribution in [1.82, 2.24) is 0 Å². The van der Waals surface area contributed by atoms with Crippen LogP contribution in [-0.2, 0) is 6.42 Å². The van der Waals surface area contributed by atoms with Gasteiger partial charge < -0.3 is 0 Å². The van der Waals surface area contributed by atoms with Crippen LogP contribution in [0.3, 0.4) is 0 Å². The van der Waals surface area contributed by atoms with Gasteiger partial charge in [0.15, 0.2) is 0 Å². The smallest absolute Gasteiger partial charge is 0.123 e. The predicted molar refractivity (Wildman–Crippen MR) is 89.8 cm³/mol. The second-order valence-corrected chi connectivity index (χ2v) is 5.42. The molecule has 2 aromatic carbocycles. The molecule has 2 rings (SSSR count). The largest absolute Gasteiger partial charge is 0.207 e. The lowest BCUT2D eigenvalue weighted by molar-refractivity contribution is 0.560. The van der Waals surface area contributed by atoms with E-state index in [-0.39, 0.29) is 5.82 Å². The van der Waals surface area contributed by atoms with Gasteiger partial charge >= 0.3 is 0 Å². The second-order valence-electron chi connectivity index (χ2n) is 5.42. The Kier molecular flexibility index (Phi) is 5.81. The molecule has 0 fully saturated rings. The molecule has 0 spiro atoms. The number of hydrogen-bond acceptors (Lipinski definition) is 0. The second kappa shape index (κ2) is 8.06. The summed E-state index contributed by atoms with van der Waals surface area (Å²) < 4.78 is 12.8. The first-order valence-electron chi connectivity index (χ1n) is 7.54. The van der Waals surface area contributed by atoms with E-state index in [2.05, 4.69) is 49.7 Å². The molecule has 0 saturated heterocycles. The molecule has 22 heavy (non-hydrogen) atoms. The minimum atomic E-state index is -0.255. The van der Waals surface area contributed by atoms with Crippen LogP contribution in [0, 0.1) is 35.4 Å². The van der Waals surface area contributed by atoms with Crippen LogP contribution in [0.2, 0.25) is 0 Å². The van der Waals surface area contributed by atoms with Gasteiger partial charge in [-0.3, -0.25) is 0 Å². The lowest BCUT2D eigenvalue weighted by Gasteiger charge is -2.07. The van der Waals surface area contributed by atoms with E-state index in [4.69, 9.17) is 0 Å². The first-order valence-corrected chi connectivity index (χ1v) is 7.54. The minimum Gasteiger partial charge on any atom is -0.207 e. The molecule has 0 aliphatic rings. The van der Waals surface area contributed by atoms with Crippen molar-refractivity contribution in [3.05, 3.63) is 71.0 Å². The highest BCUT2D eigenvalue weighted by molar-refractivity contribution is 5.44. The molecule has 0 aromatic heterocycles. The topological polar surface area (TPSA) is 0 Å². The molecule has 2 aromatic rings. The zero-order valence-corrected chi connectivity index (χ0v) is 13.0. The monoisotopic (exact) mass is 290 g/mol. The molecular formula is C21H19F. The Morgan fingerprint density at radius 2 is 1.36 bits per heavy atom. The van der Waals surface area contributed by atoms with Crippen LogP contribution in [0.1, 0.15) is 37.0 Å². The van der Waals surface area contributed by atoms with Gasteiger partial charge in [-0.05, 0) is 66.1 Å². The van der Waals surface area contributed by atoms with Crippen molar-refractivity contribution in [3.63, 3.8) is 0 Å². The molecule has 1 heteroatoms. The fourth-order valence-electron chi connectivity index (χ4n) is 2.01. The normalized spacial score (nSPS) is 10.9. The molecular weight excluding hydrogens is 271 g/mol. The van der Waals surface area contributed by atoms with Crippen LogP contribution in [0.15, 0.2) is 48.5 Å². The standard InChI is InChI=1S/C21H19F/c1-3-17(2)16-20-10-8-18(9-11-20)6-4-5-7-19-12-14-21(22)15-13-19/h8-15,17H,3,16H2,1-2H3. The minimum absolute atomic E-state index is 0.255. The van der Waals surface area contributed by atoms with E-state index in [9.17, 15) is 4.39 Å².